The molecule has 2 rings (SSSR count). The molecule has 0 spiro atoms. The number of hydrogen-bond acceptors (Lipinski definition) is 3. The van der Waals surface area contributed by atoms with Crippen molar-refractivity contribution in [2.45, 2.75) is 32.7 Å². The number of nitriles is 1. The topological polar surface area (TPSA) is 39.1 Å². The predicted octanol–water partition coefficient (Wildman–Crippen LogP) is 3.43. The van der Waals surface area contributed by atoms with Crippen LogP contribution in [-0.2, 0) is 0 Å². The second-order valence-electron chi connectivity index (χ2n) is 5.69. The normalized spacial score (nSPS) is 16.1. The van der Waals surface area contributed by atoms with Gasteiger partial charge in [-0.3, -0.25) is 0 Å². The van der Waals surface area contributed by atoms with E-state index in [1.165, 1.54) is 12.8 Å². The summed E-state index contributed by atoms with van der Waals surface area (Å²) < 4.78 is 0. The van der Waals surface area contributed by atoms with Crippen molar-refractivity contribution in [2.24, 2.45) is 5.92 Å². The minimum atomic E-state index is 0.357. The van der Waals surface area contributed by atoms with Gasteiger partial charge in [0.1, 0.15) is 6.07 Å². The molecule has 1 aromatic carbocycles. The Kier molecular flexibility index (Phi) is 5.28. The first-order chi connectivity index (χ1) is 9.63. The number of nitrogens with one attached hydrogen (secondary N) is 1. The van der Waals surface area contributed by atoms with E-state index < -0.39 is 0 Å². The van der Waals surface area contributed by atoms with E-state index >= 15 is 0 Å². The van der Waals surface area contributed by atoms with Crippen LogP contribution in [-0.4, -0.2) is 25.7 Å². The molecule has 0 aliphatic carbocycles. The average Bonchev–Trinajstić information content (AvgIpc) is 2.45. The average molecular weight is 292 g/mol. The molecule has 1 heterocycles. The molecule has 4 heteroatoms. The maximum Gasteiger partial charge on any atom is 0.103 e. The number of halogens is 1. The fourth-order valence-electron chi connectivity index (χ4n) is 2.79. The van der Waals surface area contributed by atoms with Crippen LogP contribution in [0.5, 0.6) is 0 Å². The molecule has 1 saturated heterocycles. The highest BCUT2D eigenvalue weighted by Gasteiger charge is 2.21. The Bertz CT molecular complexity index is 487. The van der Waals surface area contributed by atoms with Crippen LogP contribution in [0.25, 0.3) is 0 Å². The monoisotopic (exact) mass is 291 g/mol. The lowest BCUT2D eigenvalue weighted by molar-refractivity contribution is 0.368. The fraction of sp³-hybridized carbons (Fsp3) is 0.562. The number of piperidine rings is 1. The zero-order chi connectivity index (χ0) is 14.5. The summed E-state index contributed by atoms with van der Waals surface area (Å²) in [5.41, 5.74) is 1.56. The lowest BCUT2D eigenvalue weighted by Gasteiger charge is -2.35. The number of benzene rings is 1. The molecule has 108 valence electrons. The molecule has 20 heavy (non-hydrogen) atoms. The SMILES string of the molecule is CC(C)N(CC1CCNCC1)c1cccc(Cl)c1C#N. The summed E-state index contributed by atoms with van der Waals surface area (Å²) in [6, 6.07) is 8.32. The van der Waals surface area contributed by atoms with Crippen molar-refractivity contribution in [1.82, 2.24) is 5.32 Å². The quantitative estimate of drug-likeness (QED) is 0.924. The predicted molar refractivity (Wildman–Crippen MR) is 84.2 cm³/mol. The van der Waals surface area contributed by atoms with Crippen molar-refractivity contribution >= 4 is 17.3 Å². The van der Waals surface area contributed by atoms with Gasteiger partial charge in [0.25, 0.3) is 0 Å². The molecule has 1 aliphatic rings. The van der Waals surface area contributed by atoms with Crippen LogP contribution in [0, 0.1) is 17.2 Å². The number of rotatable bonds is 4. The van der Waals surface area contributed by atoms with E-state index in [-0.39, 0.29) is 0 Å². The standard InChI is InChI=1S/C16H22ClN3/c1-12(2)20(11-13-6-8-19-9-7-13)16-5-3-4-15(17)14(16)10-18/h3-5,12-13,19H,6-9,11H2,1-2H3. The highest BCUT2D eigenvalue weighted by molar-refractivity contribution is 6.32. The van der Waals surface area contributed by atoms with Gasteiger partial charge >= 0.3 is 0 Å². The van der Waals surface area contributed by atoms with Crippen molar-refractivity contribution in [3.63, 3.8) is 0 Å². The van der Waals surface area contributed by atoms with Gasteiger partial charge < -0.3 is 10.2 Å². The molecule has 0 bridgehead atoms. The van der Waals surface area contributed by atoms with Crippen LogP contribution in [0.2, 0.25) is 5.02 Å². The molecule has 3 nitrogen and oxygen atoms in total. The minimum absolute atomic E-state index is 0.357. The van der Waals surface area contributed by atoms with Crippen LogP contribution >= 0.6 is 11.6 Å². The van der Waals surface area contributed by atoms with Crippen LogP contribution in [0.3, 0.4) is 0 Å². The Labute approximate surface area is 126 Å². The largest absolute Gasteiger partial charge is 0.368 e. The highest BCUT2D eigenvalue weighted by Crippen LogP contribution is 2.29. The van der Waals surface area contributed by atoms with Gasteiger partial charge in [0.2, 0.25) is 0 Å². The molecule has 0 atom stereocenters. The first-order valence-electron chi connectivity index (χ1n) is 7.29. The number of hydrogen-bond donors (Lipinski definition) is 1. The van der Waals surface area contributed by atoms with Crippen LogP contribution in [0.1, 0.15) is 32.3 Å². The smallest absolute Gasteiger partial charge is 0.103 e. The molecular weight excluding hydrogens is 270 g/mol. The zero-order valence-electron chi connectivity index (χ0n) is 12.2. The van der Waals surface area contributed by atoms with Gasteiger partial charge in [-0.05, 0) is 57.8 Å². The van der Waals surface area contributed by atoms with Crippen LogP contribution < -0.4 is 10.2 Å². The second kappa shape index (κ2) is 6.97. The van der Waals surface area contributed by atoms with Crippen molar-refractivity contribution in [1.29, 1.82) is 5.26 Å². The Hall–Kier alpha value is -1.24. The van der Waals surface area contributed by atoms with Crippen molar-refractivity contribution < 1.29 is 0 Å². The van der Waals surface area contributed by atoms with Gasteiger partial charge in [-0.25, -0.2) is 0 Å². The lowest BCUT2D eigenvalue weighted by Crippen LogP contribution is -2.39. The van der Waals surface area contributed by atoms with E-state index in [1.54, 1.807) is 6.07 Å². The zero-order valence-corrected chi connectivity index (χ0v) is 13.0. The molecule has 0 unspecified atom stereocenters. The van der Waals surface area contributed by atoms with E-state index in [1.807, 2.05) is 12.1 Å². The van der Waals surface area contributed by atoms with Gasteiger partial charge in [-0.1, -0.05) is 17.7 Å². The van der Waals surface area contributed by atoms with Gasteiger partial charge in [0, 0.05) is 12.6 Å². The van der Waals surface area contributed by atoms with Crippen molar-refractivity contribution in [2.75, 3.05) is 24.5 Å². The summed E-state index contributed by atoms with van der Waals surface area (Å²) in [6.07, 6.45) is 2.40. The number of nitrogens with zero attached hydrogens (tertiary/aromatic N) is 2. The summed E-state index contributed by atoms with van der Waals surface area (Å²) in [5, 5.41) is 13.3. The molecule has 0 aromatic heterocycles. The maximum absolute atomic E-state index is 9.36. The summed E-state index contributed by atoms with van der Waals surface area (Å²) in [5.74, 6) is 0.684. The van der Waals surface area contributed by atoms with E-state index in [9.17, 15) is 5.26 Å². The maximum atomic E-state index is 9.36. The summed E-state index contributed by atoms with van der Waals surface area (Å²) in [7, 11) is 0. The molecule has 1 aromatic rings. The summed E-state index contributed by atoms with van der Waals surface area (Å²) in [6.45, 7) is 7.52. The van der Waals surface area contributed by atoms with Gasteiger partial charge in [-0.15, -0.1) is 0 Å². The molecular formula is C16H22ClN3. The van der Waals surface area contributed by atoms with Gasteiger partial charge in [0.15, 0.2) is 0 Å². The lowest BCUT2D eigenvalue weighted by atomic mass is 9.96. The van der Waals surface area contributed by atoms with Crippen molar-refractivity contribution in [3.8, 4) is 6.07 Å². The Morgan fingerprint density at radius 1 is 1.40 bits per heavy atom. The Morgan fingerprint density at radius 2 is 2.10 bits per heavy atom. The van der Waals surface area contributed by atoms with E-state index in [2.05, 4.69) is 30.1 Å². The third kappa shape index (κ3) is 3.45. The first kappa shape index (κ1) is 15.2. The third-order valence-electron chi connectivity index (χ3n) is 3.95. The van der Waals surface area contributed by atoms with E-state index in [0.717, 1.165) is 25.3 Å². The van der Waals surface area contributed by atoms with Gasteiger partial charge in [-0.2, -0.15) is 5.26 Å². The first-order valence-corrected chi connectivity index (χ1v) is 7.67. The Morgan fingerprint density at radius 3 is 2.70 bits per heavy atom. The summed E-state index contributed by atoms with van der Waals surface area (Å²) in [4.78, 5) is 2.32. The molecule has 0 amide bonds. The molecule has 1 N–H and O–H groups in total. The Balaban J connectivity index is 2.24. The van der Waals surface area contributed by atoms with Gasteiger partial charge in [0.05, 0.1) is 16.3 Å². The molecule has 1 aliphatic heterocycles. The third-order valence-corrected chi connectivity index (χ3v) is 4.26. The number of anilines is 1. The van der Waals surface area contributed by atoms with Crippen molar-refractivity contribution in [3.05, 3.63) is 28.8 Å². The molecule has 0 saturated carbocycles. The van der Waals surface area contributed by atoms with E-state index in [0.29, 0.717) is 22.5 Å². The van der Waals surface area contributed by atoms with Crippen LogP contribution in [0.15, 0.2) is 18.2 Å². The van der Waals surface area contributed by atoms with Crippen LogP contribution in [0.4, 0.5) is 5.69 Å². The second-order valence-corrected chi connectivity index (χ2v) is 6.09. The highest BCUT2D eigenvalue weighted by atomic mass is 35.5. The summed E-state index contributed by atoms with van der Waals surface area (Å²) >= 11 is 6.16. The molecule has 1 fully saturated rings. The van der Waals surface area contributed by atoms with E-state index in [4.69, 9.17) is 11.6 Å². The fourth-order valence-corrected chi connectivity index (χ4v) is 3.00. The molecule has 0 radical (unpaired) electrons. The minimum Gasteiger partial charge on any atom is -0.368 e.